The van der Waals surface area contributed by atoms with E-state index in [4.69, 9.17) is 0 Å². The Morgan fingerprint density at radius 3 is 3.08 bits per heavy atom. The van der Waals surface area contributed by atoms with Gasteiger partial charge in [-0.05, 0) is 19.1 Å². The first kappa shape index (κ1) is 8.94. The summed E-state index contributed by atoms with van der Waals surface area (Å²) < 4.78 is 0. The lowest BCUT2D eigenvalue weighted by atomic mass is 10.2. The van der Waals surface area contributed by atoms with Crippen molar-refractivity contribution in [2.45, 2.75) is 13.0 Å². The van der Waals surface area contributed by atoms with Gasteiger partial charge in [-0.2, -0.15) is 0 Å². The Bertz CT molecular complexity index is 231. The monoisotopic (exact) mass is 162 g/mol. The number of nitrogens with zero attached hydrogens (tertiary/aromatic N) is 1. The molecule has 0 aliphatic heterocycles. The maximum atomic E-state index is 4.23. The van der Waals surface area contributed by atoms with Gasteiger partial charge >= 0.3 is 0 Å². The molecule has 0 aliphatic carbocycles. The largest absolute Gasteiger partial charge is 0.305 e. The van der Waals surface area contributed by atoms with E-state index in [1.807, 2.05) is 24.3 Å². The molecule has 1 N–H and O–H groups in total. The third kappa shape index (κ3) is 2.47. The van der Waals surface area contributed by atoms with Gasteiger partial charge in [0.1, 0.15) is 0 Å². The minimum atomic E-state index is 0.296. The van der Waals surface area contributed by atoms with Crippen LogP contribution in [0, 0.1) is 0 Å². The molecule has 1 heterocycles. The average Bonchev–Trinajstić information content (AvgIpc) is 2.15. The smallest absolute Gasteiger partial charge is 0.0570 e. The minimum absolute atomic E-state index is 0.296. The lowest BCUT2D eigenvalue weighted by Gasteiger charge is -2.10. The molecule has 0 fully saturated rings. The predicted octanol–water partition coefficient (Wildman–Crippen LogP) is 1.92. The van der Waals surface area contributed by atoms with E-state index in [9.17, 15) is 0 Å². The molecule has 12 heavy (non-hydrogen) atoms. The first-order valence-corrected chi connectivity index (χ1v) is 4.10. The molecule has 0 radical (unpaired) electrons. The minimum Gasteiger partial charge on any atom is -0.305 e. The van der Waals surface area contributed by atoms with Crippen LogP contribution in [0.1, 0.15) is 18.7 Å². The Labute approximate surface area is 73.3 Å². The molecule has 0 saturated carbocycles. The van der Waals surface area contributed by atoms with E-state index in [1.165, 1.54) is 0 Å². The van der Waals surface area contributed by atoms with E-state index in [-0.39, 0.29) is 0 Å². The van der Waals surface area contributed by atoms with E-state index in [0.29, 0.717) is 6.04 Å². The second-order valence-electron chi connectivity index (χ2n) is 2.67. The molecule has 64 valence electrons. The van der Waals surface area contributed by atoms with Crippen molar-refractivity contribution >= 4 is 0 Å². The summed E-state index contributed by atoms with van der Waals surface area (Å²) in [5.74, 6) is 0. The van der Waals surface area contributed by atoms with Gasteiger partial charge in [-0.3, -0.25) is 4.98 Å². The fraction of sp³-hybridized carbons (Fsp3) is 0.300. The molecule has 1 rings (SSSR count). The number of hydrogen-bond acceptors (Lipinski definition) is 2. The topological polar surface area (TPSA) is 24.9 Å². The lowest BCUT2D eigenvalue weighted by Crippen LogP contribution is -2.19. The normalized spacial score (nSPS) is 12.4. The zero-order valence-corrected chi connectivity index (χ0v) is 7.33. The fourth-order valence-corrected chi connectivity index (χ4v) is 0.997. The number of pyridine rings is 1. The fourth-order valence-electron chi connectivity index (χ4n) is 0.997. The zero-order chi connectivity index (χ0) is 8.81. The molecule has 0 amide bonds. The Kier molecular flexibility index (Phi) is 3.48. The van der Waals surface area contributed by atoms with Gasteiger partial charge in [0.15, 0.2) is 0 Å². The van der Waals surface area contributed by atoms with Crippen LogP contribution in [-0.2, 0) is 0 Å². The Morgan fingerprint density at radius 2 is 2.50 bits per heavy atom. The summed E-state index contributed by atoms with van der Waals surface area (Å²) >= 11 is 0. The highest BCUT2D eigenvalue weighted by Gasteiger charge is 2.02. The van der Waals surface area contributed by atoms with Crippen molar-refractivity contribution in [3.63, 3.8) is 0 Å². The molecule has 0 unspecified atom stereocenters. The second-order valence-corrected chi connectivity index (χ2v) is 2.67. The summed E-state index contributed by atoms with van der Waals surface area (Å²) in [6, 6.07) is 6.23. The number of rotatable bonds is 4. The summed E-state index contributed by atoms with van der Waals surface area (Å²) in [5, 5.41) is 3.27. The quantitative estimate of drug-likeness (QED) is 0.684. The van der Waals surface area contributed by atoms with Gasteiger partial charge < -0.3 is 5.32 Å². The van der Waals surface area contributed by atoms with Crippen LogP contribution in [0.15, 0.2) is 37.1 Å². The maximum absolute atomic E-state index is 4.23. The van der Waals surface area contributed by atoms with Crippen molar-refractivity contribution in [3.05, 3.63) is 42.7 Å². The van der Waals surface area contributed by atoms with Crippen LogP contribution in [-0.4, -0.2) is 11.5 Å². The van der Waals surface area contributed by atoms with Crippen molar-refractivity contribution in [3.8, 4) is 0 Å². The SMILES string of the molecule is C=CCN[C@@H](C)c1ccccn1. The standard InChI is InChI=1S/C10H14N2/c1-3-7-11-9(2)10-6-4-5-8-12-10/h3-6,8-9,11H,1,7H2,2H3/t9-/m0/s1. The van der Waals surface area contributed by atoms with Gasteiger partial charge in [0.25, 0.3) is 0 Å². The molecule has 0 spiro atoms. The first-order chi connectivity index (χ1) is 5.84. The first-order valence-electron chi connectivity index (χ1n) is 4.10. The number of nitrogens with one attached hydrogen (secondary N) is 1. The molecule has 1 aromatic rings. The predicted molar refractivity (Wildman–Crippen MR) is 50.9 cm³/mol. The van der Waals surface area contributed by atoms with E-state index < -0.39 is 0 Å². The third-order valence-electron chi connectivity index (χ3n) is 1.70. The van der Waals surface area contributed by atoms with Crippen molar-refractivity contribution in [2.24, 2.45) is 0 Å². The molecule has 2 heteroatoms. The van der Waals surface area contributed by atoms with Crippen molar-refractivity contribution in [2.75, 3.05) is 6.54 Å². The summed E-state index contributed by atoms with van der Waals surface area (Å²) in [7, 11) is 0. The van der Waals surface area contributed by atoms with Crippen molar-refractivity contribution < 1.29 is 0 Å². The Balaban J connectivity index is 2.53. The van der Waals surface area contributed by atoms with Gasteiger partial charge in [0.05, 0.1) is 5.69 Å². The summed E-state index contributed by atoms with van der Waals surface area (Å²) in [6.07, 6.45) is 3.65. The second kappa shape index (κ2) is 4.67. The van der Waals surface area contributed by atoms with Crippen LogP contribution >= 0.6 is 0 Å². The van der Waals surface area contributed by atoms with E-state index in [2.05, 4.69) is 23.8 Å². The summed E-state index contributed by atoms with van der Waals surface area (Å²) in [6.45, 7) is 6.55. The number of hydrogen-bond donors (Lipinski definition) is 1. The van der Waals surface area contributed by atoms with Gasteiger partial charge in [-0.15, -0.1) is 6.58 Å². The molecule has 1 aromatic heterocycles. The highest BCUT2D eigenvalue weighted by molar-refractivity contribution is 5.07. The Hall–Kier alpha value is -1.15. The van der Waals surface area contributed by atoms with Crippen molar-refractivity contribution in [1.82, 2.24) is 10.3 Å². The molecule has 0 saturated heterocycles. The van der Waals surface area contributed by atoms with Gasteiger partial charge in [-0.1, -0.05) is 12.1 Å². The lowest BCUT2D eigenvalue weighted by molar-refractivity contribution is 0.601. The highest BCUT2D eigenvalue weighted by atomic mass is 14.9. The summed E-state index contributed by atoms with van der Waals surface area (Å²) in [4.78, 5) is 4.23. The van der Waals surface area contributed by atoms with Crippen molar-refractivity contribution in [1.29, 1.82) is 0 Å². The van der Waals surface area contributed by atoms with Gasteiger partial charge in [0, 0.05) is 18.8 Å². The van der Waals surface area contributed by atoms with Crippen LogP contribution in [0.2, 0.25) is 0 Å². The third-order valence-corrected chi connectivity index (χ3v) is 1.70. The molecule has 0 aliphatic rings. The molecule has 0 bridgehead atoms. The zero-order valence-electron chi connectivity index (χ0n) is 7.33. The summed E-state index contributed by atoms with van der Waals surface area (Å²) in [5.41, 5.74) is 1.07. The van der Waals surface area contributed by atoms with E-state index in [0.717, 1.165) is 12.2 Å². The van der Waals surface area contributed by atoms with Crippen LogP contribution < -0.4 is 5.32 Å². The van der Waals surface area contributed by atoms with Crippen LogP contribution in [0.3, 0.4) is 0 Å². The molecule has 1 atom stereocenters. The highest BCUT2D eigenvalue weighted by Crippen LogP contribution is 2.06. The Morgan fingerprint density at radius 1 is 1.67 bits per heavy atom. The van der Waals surface area contributed by atoms with Crippen LogP contribution in [0.25, 0.3) is 0 Å². The van der Waals surface area contributed by atoms with Gasteiger partial charge in [-0.25, -0.2) is 0 Å². The molecule has 2 nitrogen and oxygen atoms in total. The number of aromatic nitrogens is 1. The van der Waals surface area contributed by atoms with Gasteiger partial charge in [0.2, 0.25) is 0 Å². The molecular weight excluding hydrogens is 148 g/mol. The molecule has 0 aromatic carbocycles. The molecular formula is C10H14N2. The van der Waals surface area contributed by atoms with Crippen LogP contribution in [0.5, 0.6) is 0 Å². The van der Waals surface area contributed by atoms with Crippen LogP contribution in [0.4, 0.5) is 0 Å². The van der Waals surface area contributed by atoms with E-state index in [1.54, 1.807) is 6.20 Å². The van der Waals surface area contributed by atoms with E-state index >= 15 is 0 Å². The average molecular weight is 162 g/mol. The maximum Gasteiger partial charge on any atom is 0.0570 e.